The van der Waals surface area contributed by atoms with Crippen molar-refractivity contribution in [2.75, 3.05) is 25.5 Å². The van der Waals surface area contributed by atoms with Crippen molar-refractivity contribution < 1.29 is 0 Å². The third-order valence-corrected chi connectivity index (χ3v) is 3.41. The minimum Gasteiger partial charge on any atom is -0.389 e. The van der Waals surface area contributed by atoms with Crippen LogP contribution in [0.25, 0.3) is 0 Å². The minimum atomic E-state index is 0.457. The third kappa shape index (κ3) is 2.96. The van der Waals surface area contributed by atoms with Gasteiger partial charge in [-0.15, -0.1) is 0 Å². The summed E-state index contributed by atoms with van der Waals surface area (Å²) >= 11 is 5.08. The number of hydrogen-bond acceptors (Lipinski definition) is 3. The van der Waals surface area contributed by atoms with E-state index < -0.39 is 0 Å². The Balaban J connectivity index is 2.19. The first-order chi connectivity index (χ1) is 8.06. The van der Waals surface area contributed by atoms with Gasteiger partial charge in [0.15, 0.2) is 0 Å². The second-order valence-corrected chi connectivity index (χ2v) is 5.25. The molecule has 0 radical (unpaired) electrons. The van der Waals surface area contributed by atoms with Crippen LogP contribution in [-0.4, -0.2) is 36.1 Å². The van der Waals surface area contributed by atoms with E-state index in [1.54, 1.807) is 0 Å². The van der Waals surface area contributed by atoms with Crippen LogP contribution in [0.5, 0.6) is 0 Å². The molecule has 4 heteroatoms. The number of anilines is 1. The van der Waals surface area contributed by atoms with E-state index in [1.807, 2.05) is 12.1 Å². The molecule has 0 saturated carbocycles. The molecule has 0 bridgehead atoms. The van der Waals surface area contributed by atoms with Crippen LogP contribution in [0.4, 0.5) is 5.69 Å². The summed E-state index contributed by atoms with van der Waals surface area (Å²) in [5.41, 5.74) is 8.98. The number of likely N-dealkylation sites (tertiary alicyclic amines) is 1. The Morgan fingerprint density at radius 1 is 1.53 bits per heavy atom. The summed E-state index contributed by atoms with van der Waals surface area (Å²) < 4.78 is 0. The molecule has 1 aromatic carbocycles. The molecule has 0 amide bonds. The fraction of sp³-hybridized carbons (Fsp3) is 0.462. The number of nitrogens with one attached hydrogen (secondary N) is 1. The van der Waals surface area contributed by atoms with E-state index in [0.29, 0.717) is 11.0 Å². The normalized spacial score (nSPS) is 20.5. The van der Waals surface area contributed by atoms with E-state index in [4.69, 9.17) is 18.0 Å². The molecule has 1 unspecified atom stereocenters. The van der Waals surface area contributed by atoms with Crippen LogP contribution < -0.4 is 11.1 Å². The zero-order chi connectivity index (χ0) is 12.4. The Morgan fingerprint density at radius 3 is 2.88 bits per heavy atom. The van der Waals surface area contributed by atoms with Crippen LogP contribution in [0.1, 0.15) is 17.5 Å². The molecular formula is C13H19N3S. The van der Waals surface area contributed by atoms with Gasteiger partial charge in [0.1, 0.15) is 4.99 Å². The first kappa shape index (κ1) is 12.3. The Labute approximate surface area is 108 Å². The monoisotopic (exact) mass is 249 g/mol. The Morgan fingerprint density at radius 2 is 2.29 bits per heavy atom. The summed E-state index contributed by atoms with van der Waals surface area (Å²) in [5, 5.41) is 3.55. The van der Waals surface area contributed by atoms with E-state index in [0.717, 1.165) is 24.3 Å². The van der Waals surface area contributed by atoms with Gasteiger partial charge in [-0.05, 0) is 44.6 Å². The highest BCUT2D eigenvalue weighted by atomic mass is 32.1. The first-order valence-electron chi connectivity index (χ1n) is 5.92. The molecule has 1 atom stereocenters. The zero-order valence-corrected chi connectivity index (χ0v) is 11.2. The highest BCUT2D eigenvalue weighted by Crippen LogP contribution is 2.21. The Kier molecular flexibility index (Phi) is 3.64. The first-order valence-corrected chi connectivity index (χ1v) is 6.32. The van der Waals surface area contributed by atoms with Gasteiger partial charge in [0.2, 0.25) is 0 Å². The number of nitrogens with zero attached hydrogens (tertiary/aromatic N) is 1. The lowest BCUT2D eigenvalue weighted by Crippen LogP contribution is -2.25. The van der Waals surface area contributed by atoms with Crippen molar-refractivity contribution in [3.8, 4) is 0 Å². The largest absolute Gasteiger partial charge is 0.389 e. The van der Waals surface area contributed by atoms with Gasteiger partial charge in [0.25, 0.3) is 0 Å². The van der Waals surface area contributed by atoms with Gasteiger partial charge in [-0.3, -0.25) is 0 Å². The van der Waals surface area contributed by atoms with Crippen molar-refractivity contribution in [2.45, 2.75) is 19.4 Å². The second-order valence-electron chi connectivity index (χ2n) is 4.81. The van der Waals surface area contributed by atoms with Gasteiger partial charge < -0.3 is 16.0 Å². The number of aryl methyl sites for hydroxylation is 1. The fourth-order valence-corrected chi connectivity index (χ4v) is 2.44. The average molecular weight is 249 g/mol. The van der Waals surface area contributed by atoms with Gasteiger partial charge in [-0.2, -0.15) is 0 Å². The Hall–Kier alpha value is -1.13. The van der Waals surface area contributed by atoms with Crippen molar-refractivity contribution in [1.82, 2.24) is 4.90 Å². The summed E-state index contributed by atoms with van der Waals surface area (Å²) in [6, 6.07) is 6.65. The zero-order valence-electron chi connectivity index (χ0n) is 10.4. The van der Waals surface area contributed by atoms with Crippen LogP contribution in [0, 0.1) is 6.92 Å². The molecule has 17 heavy (non-hydrogen) atoms. The lowest BCUT2D eigenvalue weighted by molar-refractivity contribution is 0.414. The maximum Gasteiger partial charge on any atom is 0.106 e. The molecule has 3 N–H and O–H groups in total. The van der Waals surface area contributed by atoms with Crippen molar-refractivity contribution in [2.24, 2.45) is 5.73 Å². The van der Waals surface area contributed by atoms with Gasteiger partial charge >= 0.3 is 0 Å². The summed E-state index contributed by atoms with van der Waals surface area (Å²) in [6.45, 7) is 4.30. The topological polar surface area (TPSA) is 41.3 Å². The van der Waals surface area contributed by atoms with E-state index >= 15 is 0 Å². The summed E-state index contributed by atoms with van der Waals surface area (Å²) in [7, 11) is 2.15. The number of likely N-dealkylation sites (N-methyl/N-ethyl adjacent to an activating group) is 1. The highest BCUT2D eigenvalue weighted by Gasteiger charge is 2.20. The fourth-order valence-electron chi connectivity index (χ4n) is 2.27. The van der Waals surface area contributed by atoms with Crippen LogP contribution in [0.15, 0.2) is 18.2 Å². The number of hydrogen-bond donors (Lipinski definition) is 2. The quantitative estimate of drug-likeness (QED) is 0.801. The van der Waals surface area contributed by atoms with Crippen molar-refractivity contribution in [1.29, 1.82) is 0 Å². The molecule has 1 aromatic rings. The van der Waals surface area contributed by atoms with Gasteiger partial charge in [-0.25, -0.2) is 0 Å². The maximum atomic E-state index is 5.75. The average Bonchev–Trinajstić information content (AvgIpc) is 2.63. The number of benzene rings is 1. The van der Waals surface area contributed by atoms with Crippen molar-refractivity contribution in [3.05, 3.63) is 29.3 Å². The summed E-state index contributed by atoms with van der Waals surface area (Å²) in [4.78, 5) is 2.78. The number of rotatable bonds is 3. The predicted octanol–water partition coefficient (Wildman–Crippen LogP) is 1.75. The second kappa shape index (κ2) is 5.02. The highest BCUT2D eigenvalue weighted by molar-refractivity contribution is 7.80. The number of nitrogens with two attached hydrogens (primary N) is 1. The van der Waals surface area contributed by atoms with E-state index in [1.165, 1.54) is 12.0 Å². The van der Waals surface area contributed by atoms with Crippen LogP contribution in [0.2, 0.25) is 0 Å². The van der Waals surface area contributed by atoms with Crippen LogP contribution in [0.3, 0.4) is 0 Å². The summed E-state index contributed by atoms with van der Waals surface area (Å²) in [5.74, 6) is 0. The van der Waals surface area contributed by atoms with Crippen LogP contribution >= 0.6 is 12.2 Å². The lowest BCUT2D eigenvalue weighted by atomic mass is 10.1. The summed E-state index contributed by atoms with van der Waals surface area (Å²) in [6.07, 6.45) is 1.17. The number of thiocarbonyl (C=S) groups is 1. The molecule has 1 saturated heterocycles. The molecule has 1 heterocycles. The smallest absolute Gasteiger partial charge is 0.106 e. The molecular weight excluding hydrogens is 230 g/mol. The third-order valence-electron chi connectivity index (χ3n) is 3.19. The molecule has 2 rings (SSSR count). The van der Waals surface area contributed by atoms with E-state index in [2.05, 4.69) is 30.3 Å². The molecule has 0 aromatic heterocycles. The van der Waals surface area contributed by atoms with Gasteiger partial charge in [-0.1, -0.05) is 18.3 Å². The van der Waals surface area contributed by atoms with Gasteiger partial charge in [0.05, 0.1) is 0 Å². The molecule has 0 spiro atoms. The van der Waals surface area contributed by atoms with E-state index in [-0.39, 0.29) is 0 Å². The van der Waals surface area contributed by atoms with E-state index in [9.17, 15) is 0 Å². The standard InChI is InChI=1S/C13H19N3S/c1-9-3-4-11(13(14)17)12(7-9)15-10-5-6-16(2)8-10/h3-4,7,10,15H,5-6,8H2,1-2H3,(H2,14,17). The Bertz CT molecular complexity index is 431. The predicted molar refractivity (Wildman–Crippen MR) is 76.6 cm³/mol. The molecule has 1 fully saturated rings. The molecule has 1 aliphatic rings. The molecule has 1 aliphatic heterocycles. The molecule has 3 nitrogen and oxygen atoms in total. The van der Waals surface area contributed by atoms with Gasteiger partial charge in [0, 0.05) is 23.8 Å². The molecule has 0 aliphatic carbocycles. The van der Waals surface area contributed by atoms with Crippen molar-refractivity contribution in [3.63, 3.8) is 0 Å². The molecule has 92 valence electrons. The van der Waals surface area contributed by atoms with Crippen molar-refractivity contribution >= 4 is 22.9 Å². The lowest BCUT2D eigenvalue weighted by Gasteiger charge is -2.17. The maximum absolute atomic E-state index is 5.75. The SMILES string of the molecule is Cc1ccc(C(N)=S)c(NC2CCN(C)C2)c1. The minimum absolute atomic E-state index is 0.457. The van der Waals surface area contributed by atoms with Crippen LogP contribution in [-0.2, 0) is 0 Å².